The second-order valence-corrected chi connectivity index (χ2v) is 8.62. The number of quaternary nitrogens is 1. The van der Waals surface area contributed by atoms with E-state index in [1.54, 1.807) is 0 Å². The highest BCUT2D eigenvalue weighted by Gasteiger charge is 2.34. The lowest BCUT2D eigenvalue weighted by Crippen LogP contribution is -3.15. The van der Waals surface area contributed by atoms with Gasteiger partial charge in [0.05, 0.1) is 26.2 Å². The summed E-state index contributed by atoms with van der Waals surface area (Å²) in [6.45, 7) is 3.00. The molecule has 6 nitrogen and oxygen atoms in total. The summed E-state index contributed by atoms with van der Waals surface area (Å²) in [6.07, 6.45) is 0. The Kier molecular flexibility index (Phi) is 6.07. The number of hydrogen-bond acceptors (Lipinski definition) is 3. The zero-order chi connectivity index (χ0) is 20.3. The van der Waals surface area contributed by atoms with E-state index in [9.17, 15) is 22.0 Å². The summed E-state index contributed by atoms with van der Waals surface area (Å²) < 4.78 is 54.0. The average Bonchev–Trinajstić information content (AvgIpc) is 2.64. The van der Waals surface area contributed by atoms with Crippen LogP contribution in [0.5, 0.6) is 0 Å². The molecule has 2 aromatic carbocycles. The molecule has 1 amide bonds. The Morgan fingerprint density at radius 2 is 1.68 bits per heavy atom. The summed E-state index contributed by atoms with van der Waals surface area (Å²) in [5, 5.41) is 2.85. The van der Waals surface area contributed by atoms with Gasteiger partial charge in [-0.25, -0.2) is 17.2 Å². The van der Waals surface area contributed by atoms with Crippen LogP contribution in [0, 0.1) is 18.6 Å². The Morgan fingerprint density at radius 3 is 2.29 bits per heavy atom. The van der Waals surface area contributed by atoms with E-state index in [1.165, 1.54) is 0 Å². The third kappa shape index (κ3) is 4.37. The van der Waals surface area contributed by atoms with Gasteiger partial charge in [-0.1, -0.05) is 24.3 Å². The molecule has 0 aliphatic carbocycles. The van der Waals surface area contributed by atoms with Crippen LogP contribution in [0.2, 0.25) is 0 Å². The first-order chi connectivity index (χ1) is 13.3. The number of para-hydroxylation sites is 1. The average molecular weight is 410 g/mol. The second-order valence-electron chi connectivity index (χ2n) is 6.74. The maximum atomic E-state index is 13.9. The van der Waals surface area contributed by atoms with Crippen LogP contribution in [0.15, 0.2) is 47.4 Å². The number of piperazine rings is 1. The molecule has 3 rings (SSSR count). The van der Waals surface area contributed by atoms with Crippen molar-refractivity contribution in [1.82, 2.24) is 4.31 Å². The Bertz CT molecular complexity index is 954. The van der Waals surface area contributed by atoms with Crippen LogP contribution >= 0.6 is 0 Å². The Morgan fingerprint density at radius 1 is 1.07 bits per heavy atom. The van der Waals surface area contributed by atoms with E-state index in [1.807, 2.05) is 31.2 Å². The van der Waals surface area contributed by atoms with Crippen LogP contribution in [0.3, 0.4) is 0 Å². The number of amides is 1. The van der Waals surface area contributed by atoms with E-state index in [0.29, 0.717) is 13.1 Å². The summed E-state index contributed by atoms with van der Waals surface area (Å²) in [7, 11) is -4.26. The number of halogens is 2. The maximum Gasteiger partial charge on any atom is 0.279 e. The van der Waals surface area contributed by atoms with Crippen LogP contribution in [0.4, 0.5) is 14.5 Å². The van der Waals surface area contributed by atoms with Gasteiger partial charge in [-0.2, -0.15) is 4.31 Å². The van der Waals surface area contributed by atoms with E-state index >= 15 is 0 Å². The molecule has 0 aromatic heterocycles. The molecular formula is C19H22F2N3O3S+. The molecule has 0 radical (unpaired) electrons. The van der Waals surface area contributed by atoms with Gasteiger partial charge < -0.3 is 10.2 Å². The molecule has 1 aliphatic rings. The van der Waals surface area contributed by atoms with Gasteiger partial charge in [0, 0.05) is 5.69 Å². The molecule has 9 heteroatoms. The smallest absolute Gasteiger partial charge is 0.279 e. The first-order valence-corrected chi connectivity index (χ1v) is 10.4. The lowest BCUT2D eigenvalue weighted by atomic mass is 10.2. The van der Waals surface area contributed by atoms with Crippen LogP contribution < -0.4 is 10.2 Å². The molecule has 0 unspecified atom stereocenters. The normalized spacial score (nSPS) is 16.1. The van der Waals surface area contributed by atoms with Gasteiger partial charge in [0.2, 0.25) is 10.0 Å². The molecule has 150 valence electrons. The molecule has 0 bridgehead atoms. The van der Waals surface area contributed by atoms with Gasteiger partial charge in [-0.05, 0) is 30.7 Å². The largest absolute Gasteiger partial charge is 0.325 e. The molecule has 0 atom stereocenters. The van der Waals surface area contributed by atoms with Crippen molar-refractivity contribution in [3.05, 3.63) is 59.7 Å². The highest BCUT2D eigenvalue weighted by atomic mass is 32.2. The second kappa shape index (κ2) is 8.34. The SMILES string of the molecule is Cc1ccccc1NC(=O)C[NH+]1CCN(S(=O)(=O)c2c(F)cccc2F)CC1. The molecule has 2 N–H and O–H groups in total. The lowest BCUT2D eigenvalue weighted by Gasteiger charge is -2.31. The molecule has 0 saturated carbocycles. The fourth-order valence-electron chi connectivity index (χ4n) is 3.21. The van der Waals surface area contributed by atoms with Gasteiger partial charge in [0.15, 0.2) is 11.4 Å². The Balaban J connectivity index is 1.60. The van der Waals surface area contributed by atoms with Crippen LogP contribution in [-0.2, 0) is 14.8 Å². The van der Waals surface area contributed by atoms with Crippen LogP contribution in [0.1, 0.15) is 5.56 Å². The molecule has 1 saturated heterocycles. The fraction of sp³-hybridized carbons (Fsp3) is 0.316. The predicted octanol–water partition coefficient (Wildman–Crippen LogP) is 0.801. The number of benzene rings is 2. The highest BCUT2D eigenvalue weighted by Crippen LogP contribution is 2.22. The first kappa shape index (κ1) is 20.4. The standard InChI is InChI=1S/C19H21F2N3O3S/c1-14-5-2-3-8-17(14)22-18(25)13-23-9-11-24(12-10-23)28(26,27)19-15(20)6-4-7-16(19)21/h2-8H,9-13H2,1H3,(H,22,25)/p+1. The predicted molar refractivity (Wildman–Crippen MR) is 100 cm³/mol. The third-order valence-corrected chi connectivity index (χ3v) is 6.73. The van der Waals surface area contributed by atoms with Crippen molar-refractivity contribution in [2.75, 3.05) is 38.0 Å². The van der Waals surface area contributed by atoms with Crippen molar-refractivity contribution in [2.24, 2.45) is 0 Å². The summed E-state index contributed by atoms with van der Waals surface area (Å²) in [6, 6.07) is 10.4. The van der Waals surface area contributed by atoms with E-state index < -0.39 is 26.6 Å². The van der Waals surface area contributed by atoms with E-state index in [-0.39, 0.29) is 25.5 Å². The van der Waals surface area contributed by atoms with E-state index in [2.05, 4.69) is 5.32 Å². The van der Waals surface area contributed by atoms with Crippen LogP contribution in [0.25, 0.3) is 0 Å². The fourth-order valence-corrected chi connectivity index (χ4v) is 4.76. The number of aryl methyl sites for hydroxylation is 1. The number of anilines is 1. The van der Waals surface area contributed by atoms with Crippen molar-refractivity contribution < 1.29 is 26.9 Å². The molecular weight excluding hydrogens is 388 g/mol. The van der Waals surface area contributed by atoms with Gasteiger partial charge in [0.25, 0.3) is 5.91 Å². The quantitative estimate of drug-likeness (QED) is 0.766. The number of rotatable bonds is 5. The van der Waals surface area contributed by atoms with Crippen LogP contribution in [-0.4, -0.2) is 51.4 Å². The minimum Gasteiger partial charge on any atom is -0.325 e. The monoisotopic (exact) mass is 410 g/mol. The number of carbonyl (C=O) groups excluding carboxylic acids is 1. The number of nitrogens with zero attached hydrogens (tertiary/aromatic N) is 1. The van der Waals surface area contributed by atoms with Crippen molar-refractivity contribution >= 4 is 21.6 Å². The lowest BCUT2D eigenvalue weighted by molar-refractivity contribution is -0.895. The van der Waals surface area contributed by atoms with Crippen molar-refractivity contribution in [1.29, 1.82) is 0 Å². The molecule has 2 aromatic rings. The topological polar surface area (TPSA) is 70.9 Å². The van der Waals surface area contributed by atoms with Gasteiger partial charge in [-0.15, -0.1) is 0 Å². The summed E-state index contributed by atoms with van der Waals surface area (Å²) in [5.74, 6) is -2.37. The number of hydrogen-bond donors (Lipinski definition) is 2. The molecule has 0 spiro atoms. The zero-order valence-corrected chi connectivity index (χ0v) is 16.2. The first-order valence-electron chi connectivity index (χ1n) is 8.92. The summed E-state index contributed by atoms with van der Waals surface area (Å²) in [5.41, 5.74) is 1.69. The van der Waals surface area contributed by atoms with E-state index in [0.717, 1.165) is 38.7 Å². The maximum absolute atomic E-state index is 13.9. The van der Waals surface area contributed by atoms with E-state index in [4.69, 9.17) is 0 Å². The molecule has 1 aliphatic heterocycles. The molecule has 28 heavy (non-hydrogen) atoms. The minimum absolute atomic E-state index is 0.0864. The molecule has 1 fully saturated rings. The Hall–Kier alpha value is -2.36. The number of nitrogens with one attached hydrogen (secondary N) is 2. The van der Waals surface area contributed by atoms with Crippen molar-refractivity contribution in [3.8, 4) is 0 Å². The third-order valence-electron chi connectivity index (χ3n) is 4.78. The van der Waals surface area contributed by atoms with Gasteiger partial charge >= 0.3 is 0 Å². The highest BCUT2D eigenvalue weighted by molar-refractivity contribution is 7.89. The zero-order valence-electron chi connectivity index (χ0n) is 15.4. The summed E-state index contributed by atoms with van der Waals surface area (Å²) in [4.78, 5) is 12.2. The summed E-state index contributed by atoms with van der Waals surface area (Å²) >= 11 is 0. The van der Waals surface area contributed by atoms with Gasteiger partial charge in [-0.3, -0.25) is 4.79 Å². The number of carbonyl (C=O) groups is 1. The van der Waals surface area contributed by atoms with Gasteiger partial charge in [0.1, 0.15) is 11.6 Å². The molecule has 1 heterocycles. The van der Waals surface area contributed by atoms with Crippen molar-refractivity contribution in [3.63, 3.8) is 0 Å². The minimum atomic E-state index is -4.26. The Labute approximate surface area is 162 Å². The van der Waals surface area contributed by atoms with Crippen molar-refractivity contribution in [2.45, 2.75) is 11.8 Å². The number of sulfonamides is 1.